The number of nitro benzene ring substituents is 1. The average Bonchev–Trinajstić information content (AvgIpc) is 3.32. The van der Waals surface area contributed by atoms with Gasteiger partial charge in [-0.1, -0.05) is 18.2 Å². The first-order valence-corrected chi connectivity index (χ1v) is 7.88. The third kappa shape index (κ3) is 1.53. The molecule has 6 nitrogen and oxygen atoms in total. The van der Waals surface area contributed by atoms with Gasteiger partial charge in [0.1, 0.15) is 0 Å². The van der Waals surface area contributed by atoms with Crippen molar-refractivity contribution < 1.29 is 14.5 Å². The molecule has 2 saturated carbocycles. The number of imide groups is 1. The van der Waals surface area contributed by atoms with Crippen molar-refractivity contribution in [2.45, 2.75) is 6.42 Å². The van der Waals surface area contributed by atoms with Crippen LogP contribution in [0.4, 0.5) is 11.4 Å². The smallest absolute Gasteiger partial charge is 0.271 e. The minimum atomic E-state index is -0.512. The number of hydrogen-bond donors (Lipinski definition) is 0. The van der Waals surface area contributed by atoms with Crippen LogP contribution in [0.25, 0.3) is 0 Å². The topological polar surface area (TPSA) is 80.5 Å². The van der Waals surface area contributed by atoms with E-state index in [1.165, 1.54) is 23.1 Å². The van der Waals surface area contributed by atoms with E-state index >= 15 is 0 Å². The van der Waals surface area contributed by atoms with Crippen LogP contribution in [0.5, 0.6) is 0 Å². The van der Waals surface area contributed by atoms with Gasteiger partial charge >= 0.3 is 0 Å². The zero-order chi connectivity index (χ0) is 15.9. The van der Waals surface area contributed by atoms with Crippen molar-refractivity contribution in [1.29, 1.82) is 0 Å². The van der Waals surface area contributed by atoms with E-state index in [1.807, 2.05) is 0 Å². The van der Waals surface area contributed by atoms with Gasteiger partial charge in [-0.25, -0.2) is 4.90 Å². The number of carbonyl (C=O) groups excluding carboxylic acids is 2. The molecule has 4 aliphatic carbocycles. The minimum Gasteiger partial charge on any atom is -0.274 e. The zero-order valence-corrected chi connectivity index (χ0v) is 12.2. The van der Waals surface area contributed by atoms with E-state index in [2.05, 4.69) is 12.2 Å². The van der Waals surface area contributed by atoms with Crippen molar-refractivity contribution >= 4 is 23.2 Å². The number of nitro groups is 1. The third-order valence-corrected chi connectivity index (χ3v) is 5.96. The first-order chi connectivity index (χ1) is 11.1. The number of hydrogen-bond acceptors (Lipinski definition) is 4. The highest BCUT2D eigenvalue weighted by atomic mass is 16.6. The van der Waals surface area contributed by atoms with Crippen molar-refractivity contribution in [1.82, 2.24) is 0 Å². The molecule has 6 heteroatoms. The van der Waals surface area contributed by atoms with E-state index in [9.17, 15) is 19.7 Å². The van der Waals surface area contributed by atoms with Crippen LogP contribution in [0.2, 0.25) is 0 Å². The van der Waals surface area contributed by atoms with E-state index in [4.69, 9.17) is 0 Å². The second-order valence-corrected chi connectivity index (χ2v) is 6.94. The number of non-ortho nitro benzene ring substituents is 1. The molecule has 6 atom stereocenters. The Morgan fingerprint density at radius 2 is 1.65 bits per heavy atom. The van der Waals surface area contributed by atoms with E-state index in [1.54, 1.807) is 6.07 Å². The summed E-state index contributed by atoms with van der Waals surface area (Å²) < 4.78 is 0. The summed E-state index contributed by atoms with van der Waals surface area (Å²) in [6, 6.07) is 5.78. The van der Waals surface area contributed by atoms with Crippen LogP contribution < -0.4 is 4.90 Å². The van der Waals surface area contributed by atoms with Crippen LogP contribution in [0.15, 0.2) is 36.4 Å². The second-order valence-electron chi connectivity index (χ2n) is 6.94. The standard InChI is InChI=1S/C17H14N2O4/c20-16-14-10-4-5-11(13-7-12(10)13)15(14)17(21)18(16)8-2-1-3-9(6-8)19(22)23/h1-6,10-15H,7H2/t10-,11-,12-,13-,14+,15+/m0/s1. The summed E-state index contributed by atoms with van der Waals surface area (Å²) in [5.41, 5.74) is 0.207. The molecule has 1 aliphatic heterocycles. The average molecular weight is 310 g/mol. The summed E-state index contributed by atoms with van der Waals surface area (Å²) in [6.07, 6.45) is 5.34. The SMILES string of the molecule is O=C1[C@@H]2[C@H]3C=C[C@@H]([C@@H]4C[C@@H]34)[C@H]2C(=O)N1c1cccc([N+](=O)[O-])c1. The van der Waals surface area contributed by atoms with Crippen LogP contribution in [0.3, 0.4) is 0 Å². The fraction of sp³-hybridized carbons (Fsp3) is 0.412. The van der Waals surface area contributed by atoms with E-state index in [-0.39, 0.29) is 41.2 Å². The van der Waals surface area contributed by atoms with E-state index < -0.39 is 4.92 Å². The molecule has 5 aliphatic rings. The summed E-state index contributed by atoms with van der Waals surface area (Å²) >= 11 is 0. The summed E-state index contributed by atoms with van der Waals surface area (Å²) in [7, 11) is 0. The Morgan fingerprint density at radius 3 is 2.22 bits per heavy atom. The lowest BCUT2D eigenvalue weighted by Gasteiger charge is -2.37. The van der Waals surface area contributed by atoms with Crippen molar-refractivity contribution in [2.24, 2.45) is 35.5 Å². The number of amides is 2. The fourth-order valence-electron chi connectivity index (χ4n) is 4.96. The van der Waals surface area contributed by atoms with Gasteiger partial charge in [0.15, 0.2) is 0 Å². The Balaban J connectivity index is 1.57. The summed E-state index contributed by atoms with van der Waals surface area (Å²) in [4.78, 5) is 37.4. The minimum absolute atomic E-state index is 0.109. The van der Waals surface area contributed by atoms with E-state index in [0.717, 1.165) is 6.42 Å². The highest BCUT2D eigenvalue weighted by Gasteiger charge is 2.67. The molecule has 2 bridgehead atoms. The van der Waals surface area contributed by atoms with Gasteiger partial charge in [-0.3, -0.25) is 19.7 Å². The van der Waals surface area contributed by atoms with Gasteiger partial charge in [0.05, 0.1) is 22.4 Å². The van der Waals surface area contributed by atoms with Gasteiger partial charge in [-0.2, -0.15) is 0 Å². The number of anilines is 1. The Morgan fingerprint density at radius 1 is 1.04 bits per heavy atom. The predicted molar refractivity (Wildman–Crippen MR) is 80.3 cm³/mol. The summed E-state index contributed by atoms with van der Waals surface area (Å²) in [5.74, 6) is 0.489. The molecule has 0 radical (unpaired) electrons. The number of benzene rings is 1. The largest absolute Gasteiger partial charge is 0.274 e. The van der Waals surface area contributed by atoms with Gasteiger partial charge in [-0.05, 0) is 36.2 Å². The summed E-state index contributed by atoms with van der Waals surface area (Å²) in [6.45, 7) is 0. The van der Waals surface area contributed by atoms with Gasteiger partial charge in [0, 0.05) is 12.1 Å². The molecule has 23 heavy (non-hydrogen) atoms. The molecule has 0 N–H and O–H groups in total. The third-order valence-electron chi connectivity index (χ3n) is 5.96. The lowest BCUT2D eigenvalue weighted by molar-refractivity contribution is -0.384. The highest BCUT2D eigenvalue weighted by Crippen LogP contribution is 2.65. The number of carbonyl (C=O) groups is 2. The molecule has 0 unspecified atom stereocenters. The van der Waals surface area contributed by atoms with Crippen LogP contribution in [0.1, 0.15) is 6.42 Å². The maximum atomic E-state index is 12.9. The molecule has 3 fully saturated rings. The molecule has 6 rings (SSSR count). The molecule has 1 heterocycles. The molecular weight excluding hydrogens is 296 g/mol. The molecule has 0 aromatic heterocycles. The molecule has 0 spiro atoms. The molecular formula is C17H14N2O4. The number of nitrogens with zero attached hydrogens (tertiary/aromatic N) is 2. The van der Waals surface area contributed by atoms with Crippen LogP contribution in [0, 0.1) is 45.6 Å². The fourth-order valence-corrected chi connectivity index (χ4v) is 4.96. The quantitative estimate of drug-likeness (QED) is 0.363. The zero-order valence-electron chi connectivity index (χ0n) is 12.2. The van der Waals surface area contributed by atoms with Crippen LogP contribution >= 0.6 is 0 Å². The highest BCUT2D eigenvalue weighted by molar-refractivity contribution is 6.22. The Kier molecular flexibility index (Phi) is 2.30. The molecule has 1 aromatic rings. The van der Waals surface area contributed by atoms with Gasteiger partial charge in [0.25, 0.3) is 5.69 Å². The van der Waals surface area contributed by atoms with Crippen molar-refractivity contribution in [2.75, 3.05) is 4.90 Å². The molecule has 116 valence electrons. The predicted octanol–water partition coefficient (Wildman–Crippen LogP) is 2.15. The number of rotatable bonds is 2. The molecule has 1 aromatic carbocycles. The van der Waals surface area contributed by atoms with Crippen molar-refractivity contribution in [3.8, 4) is 0 Å². The Hall–Kier alpha value is -2.50. The monoisotopic (exact) mass is 310 g/mol. The normalized spacial score (nSPS) is 39.4. The first-order valence-electron chi connectivity index (χ1n) is 7.88. The molecule has 1 saturated heterocycles. The maximum absolute atomic E-state index is 12.9. The lowest BCUT2D eigenvalue weighted by Crippen LogP contribution is -2.40. The maximum Gasteiger partial charge on any atom is 0.271 e. The first kappa shape index (κ1) is 13.0. The van der Waals surface area contributed by atoms with E-state index in [0.29, 0.717) is 17.5 Å². The molecule has 2 amide bonds. The van der Waals surface area contributed by atoms with Crippen molar-refractivity contribution in [3.63, 3.8) is 0 Å². The van der Waals surface area contributed by atoms with Crippen LogP contribution in [-0.2, 0) is 9.59 Å². The Labute approximate surface area is 131 Å². The van der Waals surface area contributed by atoms with Gasteiger partial charge < -0.3 is 0 Å². The lowest BCUT2D eigenvalue weighted by atomic mass is 9.63. The van der Waals surface area contributed by atoms with Crippen LogP contribution in [-0.4, -0.2) is 16.7 Å². The van der Waals surface area contributed by atoms with Gasteiger partial charge in [-0.15, -0.1) is 0 Å². The van der Waals surface area contributed by atoms with Crippen molar-refractivity contribution in [3.05, 3.63) is 46.5 Å². The second kappa shape index (κ2) is 4.07. The van der Waals surface area contributed by atoms with Gasteiger partial charge in [0.2, 0.25) is 11.8 Å². The number of allylic oxidation sites excluding steroid dienone is 2. The Bertz CT molecular complexity index is 766. The summed E-state index contributed by atoms with van der Waals surface area (Å²) in [5, 5.41) is 11.0.